The summed E-state index contributed by atoms with van der Waals surface area (Å²) < 4.78 is 59.6. The van der Waals surface area contributed by atoms with E-state index >= 15 is 8.78 Å². The second kappa shape index (κ2) is 10.4. The molecule has 0 radical (unpaired) electrons. The van der Waals surface area contributed by atoms with E-state index in [2.05, 4.69) is 4.98 Å². The first-order valence-electron chi connectivity index (χ1n) is 12.2. The van der Waals surface area contributed by atoms with Gasteiger partial charge in [-0.2, -0.15) is 0 Å². The molecule has 0 aliphatic heterocycles. The van der Waals surface area contributed by atoms with Gasteiger partial charge in [0.25, 0.3) is 0 Å². The van der Waals surface area contributed by atoms with Crippen molar-refractivity contribution in [3.05, 3.63) is 89.4 Å². The Kier molecular flexibility index (Phi) is 6.99. The zero-order valence-electron chi connectivity index (χ0n) is 21.2. The predicted octanol–water partition coefficient (Wildman–Crippen LogP) is 6.17. The fourth-order valence-corrected chi connectivity index (χ4v) is 4.58. The fraction of sp³-hybridized carbons (Fsp3) is 0.233. The summed E-state index contributed by atoms with van der Waals surface area (Å²) in [5.41, 5.74) is -0.313. The Balaban J connectivity index is 1.35. The van der Waals surface area contributed by atoms with Crippen LogP contribution in [0.1, 0.15) is 24.0 Å². The summed E-state index contributed by atoms with van der Waals surface area (Å²) in [4.78, 5) is 30.2. The number of halogens is 3. The van der Waals surface area contributed by atoms with Gasteiger partial charge in [0, 0.05) is 36.6 Å². The van der Waals surface area contributed by atoms with Crippen LogP contribution in [-0.4, -0.2) is 30.8 Å². The maximum absolute atomic E-state index is 15.1. The van der Waals surface area contributed by atoms with Crippen molar-refractivity contribution in [1.82, 2.24) is 4.98 Å². The highest BCUT2D eigenvalue weighted by Gasteiger charge is 2.54. The van der Waals surface area contributed by atoms with Crippen LogP contribution in [-0.2, 0) is 22.4 Å². The van der Waals surface area contributed by atoms with Crippen LogP contribution in [0.25, 0.3) is 10.9 Å². The first-order chi connectivity index (χ1) is 18.7. The molecule has 1 saturated carbocycles. The fourth-order valence-electron chi connectivity index (χ4n) is 4.58. The third-order valence-corrected chi connectivity index (χ3v) is 6.97. The summed E-state index contributed by atoms with van der Waals surface area (Å²) >= 11 is 0. The van der Waals surface area contributed by atoms with Crippen molar-refractivity contribution in [2.24, 2.45) is 5.41 Å². The largest absolute Gasteiger partial charge is 0.493 e. The van der Waals surface area contributed by atoms with E-state index in [9.17, 15) is 14.0 Å². The van der Waals surface area contributed by atoms with E-state index in [0.717, 1.165) is 12.1 Å². The normalized spacial score (nSPS) is 13.7. The third-order valence-electron chi connectivity index (χ3n) is 6.97. The zero-order valence-corrected chi connectivity index (χ0v) is 21.2. The number of pyridine rings is 1. The molecule has 0 atom stereocenters. The number of aromatic nitrogens is 1. The van der Waals surface area contributed by atoms with Gasteiger partial charge in [-0.15, -0.1) is 0 Å². The van der Waals surface area contributed by atoms with Crippen molar-refractivity contribution in [3.63, 3.8) is 0 Å². The summed E-state index contributed by atoms with van der Waals surface area (Å²) in [6.45, 7) is 0. The van der Waals surface area contributed by atoms with E-state index in [-0.39, 0.29) is 29.3 Å². The standard InChI is InChI=1S/C30H24F3NO5/c1-37-26-14-20-23(16-27(26)38-2)34-10-7-24(20)39-25-15-21(32)18(12-22(25)33)13-29(36)30(8-9-30)28(35)11-17-3-5-19(31)6-4-17/h3-7,10,12,14-16H,8-9,11,13H2,1-2H3. The van der Waals surface area contributed by atoms with Gasteiger partial charge in [0.1, 0.15) is 17.4 Å². The van der Waals surface area contributed by atoms with E-state index in [4.69, 9.17) is 14.2 Å². The van der Waals surface area contributed by atoms with Gasteiger partial charge in [0.05, 0.1) is 25.2 Å². The topological polar surface area (TPSA) is 74.7 Å². The van der Waals surface area contributed by atoms with E-state index in [1.807, 2.05) is 0 Å². The Labute approximate surface area is 222 Å². The molecule has 9 heteroatoms. The van der Waals surface area contributed by atoms with E-state index < -0.39 is 35.1 Å². The molecule has 4 aromatic rings. The minimum Gasteiger partial charge on any atom is -0.493 e. The van der Waals surface area contributed by atoms with Crippen molar-refractivity contribution < 1.29 is 37.0 Å². The highest BCUT2D eigenvalue weighted by atomic mass is 19.1. The number of fused-ring (bicyclic) bond motifs is 1. The summed E-state index contributed by atoms with van der Waals surface area (Å²) in [7, 11) is 2.96. The van der Waals surface area contributed by atoms with E-state index in [1.54, 1.807) is 12.1 Å². The molecule has 0 unspecified atom stereocenters. The molecule has 0 bridgehead atoms. The van der Waals surface area contributed by atoms with Crippen LogP contribution in [0.5, 0.6) is 23.0 Å². The summed E-state index contributed by atoms with van der Waals surface area (Å²) in [5, 5.41) is 0.490. The quantitative estimate of drug-likeness (QED) is 0.226. The summed E-state index contributed by atoms with van der Waals surface area (Å²) in [5.74, 6) is -2.21. The Morgan fingerprint density at radius 1 is 0.795 bits per heavy atom. The minimum absolute atomic E-state index is 0.0355. The van der Waals surface area contributed by atoms with Gasteiger partial charge < -0.3 is 14.2 Å². The van der Waals surface area contributed by atoms with E-state index in [1.165, 1.54) is 50.7 Å². The molecule has 6 nitrogen and oxygen atoms in total. The molecule has 0 saturated heterocycles. The number of carbonyl (C=O) groups excluding carboxylic acids is 2. The molecule has 3 aromatic carbocycles. The van der Waals surface area contributed by atoms with Crippen LogP contribution < -0.4 is 14.2 Å². The highest BCUT2D eigenvalue weighted by molar-refractivity contribution is 6.11. The van der Waals surface area contributed by atoms with E-state index in [0.29, 0.717) is 40.8 Å². The molecule has 200 valence electrons. The number of benzene rings is 3. The molecule has 1 aromatic heterocycles. The lowest BCUT2D eigenvalue weighted by molar-refractivity contribution is -0.133. The Hall–Kier alpha value is -4.40. The SMILES string of the molecule is COc1cc2nccc(Oc3cc(F)c(CC(=O)C4(C(=O)Cc5ccc(F)cc5)CC4)cc3F)c2cc1OC. The number of methoxy groups -OCH3 is 2. The van der Waals surface area contributed by atoms with Gasteiger partial charge >= 0.3 is 0 Å². The summed E-state index contributed by atoms with van der Waals surface area (Å²) in [6.07, 6.45) is 1.68. The molecular formula is C30H24F3NO5. The molecule has 0 N–H and O–H groups in total. The lowest BCUT2D eigenvalue weighted by Crippen LogP contribution is -2.29. The number of rotatable bonds is 10. The van der Waals surface area contributed by atoms with Crippen molar-refractivity contribution >= 4 is 22.5 Å². The molecule has 1 fully saturated rings. The molecule has 1 aliphatic rings. The number of hydrogen-bond acceptors (Lipinski definition) is 6. The van der Waals surface area contributed by atoms with Crippen LogP contribution in [0, 0.1) is 22.9 Å². The number of ether oxygens (including phenoxy) is 3. The number of nitrogens with zero attached hydrogens (tertiary/aromatic N) is 1. The molecular weight excluding hydrogens is 511 g/mol. The Morgan fingerprint density at radius 2 is 1.46 bits per heavy atom. The second-order valence-electron chi connectivity index (χ2n) is 9.42. The smallest absolute Gasteiger partial charge is 0.166 e. The zero-order chi connectivity index (χ0) is 27.7. The first-order valence-corrected chi connectivity index (χ1v) is 12.2. The van der Waals surface area contributed by atoms with Gasteiger partial charge in [-0.05, 0) is 54.3 Å². The summed E-state index contributed by atoms with van der Waals surface area (Å²) in [6, 6.07) is 12.0. The van der Waals surface area contributed by atoms with Crippen LogP contribution in [0.3, 0.4) is 0 Å². The van der Waals surface area contributed by atoms with Crippen LogP contribution >= 0.6 is 0 Å². The van der Waals surface area contributed by atoms with Gasteiger partial charge in [0.15, 0.2) is 34.6 Å². The lowest BCUT2D eigenvalue weighted by Gasteiger charge is -2.15. The molecule has 1 aliphatic carbocycles. The van der Waals surface area contributed by atoms with Gasteiger partial charge in [-0.25, -0.2) is 13.2 Å². The van der Waals surface area contributed by atoms with Crippen LogP contribution in [0.2, 0.25) is 0 Å². The molecule has 0 spiro atoms. The maximum atomic E-state index is 15.1. The van der Waals surface area contributed by atoms with Crippen molar-refractivity contribution in [2.45, 2.75) is 25.7 Å². The average molecular weight is 536 g/mol. The van der Waals surface area contributed by atoms with Crippen LogP contribution in [0.4, 0.5) is 13.2 Å². The Morgan fingerprint density at radius 3 is 2.13 bits per heavy atom. The van der Waals surface area contributed by atoms with Crippen molar-refractivity contribution in [3.8, 4) is 23.0 Å². The number of hydrogen-bond donors (Lipinski definition) is 0. The number of ketones is 2. The monoisotopic (exact) mass is 535 g/mol. The molecule has 0 amide bonds. The molecule has 1 heterocycles. The first kappa shape index (κ1) is 26.2. The maximum Gasteiger partial charge on any atom is 0.166 e. The van der Waals surface area contributed by atoms with Crippen molar-refractivity contribution in [1.29, 1.82) is 0 Å². The average Bonchev–Trinajstić information content (AvgIpc) is 3.74. The molecule has 39 heavy (non-hydrogen) atoms. The minimum atomic E-state index is -1.22. The lowest BCUT2D eigenvalue weighted by atomic mass is 9.87. The highest BCUT2D eigenvalue weighted by Crippen LogP contribution is 2.49. The van der Waals surface area contributed by atoms with Crippen LogP contribution in [0.15, 0.2) is 60.8 Å². The van der Waals surface area contributed by atoms with Gasteiger partial charge in [-0.3, -0.25) is 14.6 Å². The second-order valence-corrected chi connectivity index (χ2v) is 9.42. The number of carbonyl (C=O) groups is 2. The van der Waals surface area contributed by atoms with Gasteiger partial charge in [-0.1, -0.05) is 12.1 Å². The Bertz CT molecular complexity index is 1580. The third kappa shape index (κ3) is 5.16. The molecule has 5 rings (SSSR count). The van der Waals surface area contributed by atoms with Crippen molar-refractivity contribution in [2.75, 3.05) is 14.2 Å². The predicted molar refractivity (Wildman–Crippen MR) is 137 cm³/mol. The number of Topliss-reactive ketones (excluding diaryl/α,β-unsaturated/α-hetero) is 2. The van der Waals surface area contributed by atoms with Gasteiger partial charge in [0.2, 0.25) is 0 Å².